The van der Waals surface area contributed by atoms with Gasteiger partial charge in [0.15, 0.2) is 11.6 Å². The first-order valence-electron chi connectivity index (χ1n) is 6.36. The highest BCUT2D eigenvalue weighted by molar-refractivity contribution is 5.97. The van der Waals surface area contributed by atoms with Gasteiger partial charge in [-0.1, -0.05) is 20.1 Å². The van der Waals surface area contributed by atoms with Crippen molar-refractivity contribution in [3.63, 3.8) is 0 Å². The van der Waals surface area contributed by atoms with Gasteiger partial charge in [-0.15, -0.1) is 0 Å². The molecule has 0 aliphatic rings. The lowest BCUT2D eigenvalue weighted by molar-refractivity contribution is -0.133. The van der Waals surface area contributed by atoms with Gasteiger partial charge in [0.05, 0.1) is 6.10 Å². The Bertz CT molecular complexity index is 563. The molecule has 128 valence electrons. The Balaban J connectivity index is 0.00000484. The molecule has 0 spiro atoms. The summed E-state index contributed by atoms with van der Waals surface area (Å²) in [6, 6.07) is 2.03. The lowest BCUT2D eigenvalue weighted by Gasteiger charge is -2.19. The van der Waals surface area contributed by atoms with Gasteiger partial charge in [0.25, 0.3) is 11.8 Å². The van der Waals surface area contributed by atoms with Gasteiger partial charge in [-0.2, -0.15) is 0 Å². The first-order chi connectivity index (χ1) is 10.4. The van der Waals surface area contributed by atoms with Crippen molar-refractivity contribution in [2.75, 3.05) is 6.61 Å². The van der Waals surface area contributed by atoms with Gasteiger partial charge in [-0.3, -0.25) is 14.8 Å². The third kappa shape index (κ3) is 5.68. The molecule has 1 rings (SSSR count). The van der Waals surface area contributed by atoms with Crippen LogP contribution in [0.2, 0.25) is 0 Å². The van der Waals surface area contributed by atoms with Gasteiger partial charge in [-0.25, -0.2) is 9.87 Å². The van der Waals surface area contributed by atoms with Crippen molar-refractivity contribution < 1.29 is 29.0 Å². The maximum atomic E-state index is 13.5. The molecular formula is C15H21FN2O5. The van der Waals surface area contributed by atoms with Crippen molar-refractivity contribution in [1.82, 2.24) is 10.8 Å². The lowest BCUT2D eigenvalue weighted by Crippen LogP contribution is -2.51. The van der Waals surface area contributed by atoms with E-state index in [4.69, 9.17) is 9.94 Å². The van der Waals surface area contributed by atoms with Gasteiger partial charge in [-0.05, 0) is 25.1 Å². The van der Waals surface area contributed by atoms with Crippen LogP contribution in [0.1, 0.15) is 24.7 Å². The summed E-state index contributed by atoms with van der Waals surface area (Å²) in [4.78, 5) is 23.4. The monoisotopic (exact) mass is 328 g/mol. The smallest absolute Gasteiger partial charge is 0.268 e. The van der Waals surface area contributed by atoms with Crippen LogP contribution in [0.5, 0.6) is 5.75 Å². The minimum absolute atomic E-state index is 0. The summed E-state index contributed by atoms with van der Waals surface area (Å²) in [6.07, 6.45) is 0.175. The van der Waals surface area contributed by atoms with E-state index in [2.05, 4.69) is 11.9 Å². The van der Waals surface area contributed by atoms with Gasteiger partial charge >= 0.3 is 0 Å². The summed E-state index contributed by atoms with van der Waals surface area (Å²) in [5.74, 6) is -2.52. The van der Waals surface area contributed by atoms with E-state index >= 15 is 0 Å². The van der Waals surface area contributed by atoms with Crippen LogP contribution in [0.3, 0.4) is 0 Å². The maximum Gasteiger partial charge on any atom is 0.268 e. The number of hydrogen-bond acceptors (Lipinski definition) is 5. The lowest BCUT2D eigenvalue weighted by atomic mass is 10.1. The van der Waals surface area contributed by atoms with Gasteiger partial charge in [0.1, 0.15) is 12.6 Å². The zero-order valence-corrected chi connectivity index (χ0v) is 11.9. The molecule has 0 bridgehead atoms. The summed E-state index contributed by atoms with van der Waals surface area (Å²) in [6.45, 7) is 4.76. The van der Waals surface area contributed by atoms with Crippen molar-refractivity contribution in [3.05, 3.63) is 42.2 Å². The van der Waals surface area contributed by atoms with Gasteiger partial charge in [0.2, 0.25) is 0 Å². The van der Waals surface area contributed by atoms with E-state index < -0.39 is 29.8 Å². The predicted molar refractivity (Wildman–Crippen MR) is 81.7 cm³/mol. The molecule has 0 saturated carbocycles. The van der Waals surface area contributed by atoms with E-state index in [9.17, 15) is 19.1 Å². The molecule has 23 heavy (non-hydrogen) atoms. The molecule has 0 aromatic heterocycles. The molecule has 0 aliphatic carbocycles. The zero-order valence-electron chi connectivity index (χ0n) is 11.9. The van der Waals surface area contributed by atoms with Crippen LogP contribution < -0.4 is 15.5 Å². The molecule has 8 heteroatoms. The summed E-state index contributed by atoms with van der Waals surface area (Å²) in [7, 11) is 0. The number of amides is 2. The summed E-state index contributed by atoms with van der Waals surface area (Å²) >= 11 is 0. The number of carbonyl (C=O) groups is 2. The Morgan fingerprint density at radius 1 is 1.48 bits per heavy atom. The quantitative estimate of drug-likeness (QED) is 0.339. The SMILES string of the molecule is C.C=CCOc1cc(C(=O)N[C@H](C(=O)NO)[C@@H](C)O)ccc1F. The van der Waals surface area contributed by atoms with E-state index in [1.165, 1.54) is 24.5 Å². The van der Waals surface area contributed by atoms with Crippen LogP contribution >= 0.6 is 0 Å². The van der Waals surface area contributed by atoms with Crippen LogP contribution in [0, 0.1) is 5.82 Å². The molecule has 0 saturated heterocycles. The number of halogens is 1. The van der Waals surface area contributed by atoms with Crippen LogP contribution in [0.15, 0.2) is 30.9 Å². The second-order valence-corrected chi connectivity index (χ2v) is 4.41. The third-order valence-corrected chi connectivity index (χ3v) is 2.71. The molecule has 0 radical (unpaired) electrons. The number of aliphatic hydroxyl groups is 1. The Kier molecular flexibility index (Phi) is 8.53. The van der Waals surface area contributed by atoms with Crippen molar-refractivity contribution in [2.24, 2.45) is 0 Å². The largest absolute Gasteiger partial charge is 0.486 e. The van der Waals surface area contributed by atoms with Gasteiger partial charge in [0, 0.05) is 5.56 Å². The Hall–Kier alpha value is -2.45. The molecule has 0 aliphatic heterocycles. The normalized spacial score (nSPS) is 12.3. The highest BCUT2D eigenvalue weighted by Crippen LogP contribution is 2.19. The molecule has 7 nitrogen and oxygen atoms in total. The Morgan fingerprint density at radius 3 is 2.65 bits per heavy atom. The van der Waals surface area contributed by atoms with Crippen LogP contribution in [0.25, 0.3) is 0 Å². The highest BCUT2D eigenvalue weighted by atomic mass is 19.1. The average Bonchev–Trinajstić information content (AvgIpc) is 2.50. The Morgan fingerprint density at radius 2 is 2.13 bits per heavy atom. The van der Waals surface area contributed by atoms with E-state index in [0.717, 1.165) is 12.1 Å². The zero-order chi connectivity index (χ0) is 16.7. The molecule has 1 aromatic carbocycles. The van der Waals surface area contributed by atoms with E-state index in [-0.39, 0.29) is 25.3 Å². The average molecular weight is 328 g/mol. The fourth-order valence-electron chi connectivity index (χ4n) is 1.60. The number of carbonyl (C=O) groups excluding carboxylic acids is 2. The van der Waals surface area contributed by atoms with Crippen LogP contribution in [0.4, 0.5) is 4.39 Å². The number of ether oxygens (including phenoxy) is 1. The third-order valence-electron chi connectivity index (χ3n) is 2.71. The molecule has 0 heterocycles. The fourth-order valence-corrected chi connectivity index (χ4v) is 1.60. The molecule has 0 unspecified atom stereocenters. The molecule has 2 atom stereocenters. The van der Waals surface area contributed by atoms with E-state index in [1.54, 1.807) is 0 Å². The summed E-state index contributed by atoms with van der Waals surface area (Å²) in [5.41, 5.74) is 1.37. The van der Waals surface area contributed by atoms with Crippen LogP contribution in [-0.2, 0) is 4.79 Å². The number of nitrogens with one attached hydrogen (secondary N) is 2. The maximum absolute atomic E-state index is 13.5. The number of hydroxylamine groups is 1. The molecule has 2 amide bonds. The minimum Gasteiger partial charge on any atom is -0.486 e. The number of hydrogen-bond donors (Lipinski definition) is 4. The highest BCUT2D eigenvalue weighted by Gasteiger charge is 2.26. The second-order valence-electron chi connectivity index (χ2n) is 4.41. The van der Waals surface area contributed by atoms with Crippen molar-refractivity contribution in [1.29, 1.82) is 0 Å². The topological polar surface area (TPSA) is 108 Å². The van der Waals surface area contributed by atoms with Crippen molar-refractivity contribution >= 4 is 11.8 Å². The van der Waals surface area contributed by atoms with E-state index in [1.807, 2.05) is 0 Å². The van der Waals surface area contributed by atoms with Crippen molar-refractivity contribution in [2.45, 2.75) is 26.5 Å². The Labute approximate surface area is 133 Å². The number of aliphatic hydroxyl groups excluding tert-OH is 1. The van der Waals surface area contributed by atoms with E-state index in [0.29, 0.717) is 0 Å². The second kappa shape index (κ2) is 9.54. The summed E-state index contributed by atoms with van der Waals surface area (Å²) in [5, 5.41) is 20.2. The first-order valence-corrected chi connectivity index (χ1v) is 6.36. The number of benzene rings is 1. The fraction of sp³-hybridized carbons (Fsp3) is 0.333. The van der Waals surface area contributed by atoms with Gasteiger partial charge < -0.3 is 15.2 Å². The molecule has 1 aromatic rings. The molecule has 4 N–H and O–H groups in total. The van der Waals surface area contributed by atoms with Crippen molar-refractivity contribution in [3.8, 4) is 5.75 Å². The first kappa shape index (κ1) is 20.6. The molecular weight excluding hydrogens is 307 g/mol. The minimum atomic E-state index is -1.36. The standard InChI is InChI=1S/C14H17FN2O5.CH4/c1-3-6-22-11-7-9(4-5-10(11)15)13(19)16-12(8(2)18)14(20)17-21;/h3-5,7-8,12,18,21H,1,6H2,2H3,(H,16,19)(H,17,20);1H4/t8-,12+;/m1./s1. The number of rotatable bonds is 7. The summed E-state index contributed by atoms with van der Waals surface area (Å²) < 4.78 is 18.6. The molecule has 0 fully saturated rings. The van der Waals surface area contributed by atoms with Crippen LogP contribution in [-0.4, -0.2) is 40.9 Å². The predicted octanol–water partition coefficient (Wildman–Crippen LogP) is 1.01.